The lowest BCUT2D eigenvalue weighted by Crippen LogP contribution is -2.14. The molecule has 11 rings (SSSR count). The van der Waals surface area contributed by atoms with Crippen molar-refractivity contribution in [2.75, 3.05) is 4.90 Å². The smallest absolute Gasteiger partial charge is 0.143 e. The third-order valence-electron chi connectivity index (χ3n) is 12.3. The summed E-state index contributed by atoms with van der Waals surface area (Å²) in [6, 6.07) is 76.7. The summed E-state index contributed by atoms with van der Waals surface area (Å²) in [6.07, 6.45) is 0. The second-order valence-corrected chi connectivity index (χ2v) is 16.1. The number of anilines is 3. The largest absolute Gasteiger partial charge is 0.455 e. The van der Waals surface area contributed by atoms with Crippen LogP contribution < -0.4 is 4.90 Å². The van der Waals surface area contributed by atoms with E-state index in [4.69, 9.17) is 4.42 Å². The van der Waals surface area contributed by atoms with Crippen LogP contribution in [0.25, 0.3) is 77.6 Å². The molecule has 0 aliphatic heterocycles. The number of fused-ring (bicyclic) bond motifs is 6. The Hall–Kier alpha value is -7.42. The molecule has 59 heavy (non-hydrogen) atoms. The van der Waals surface area contributed by atoms with E-state index in [-0.39, 0.29) is 5.41 Å². The normalized spacial score (nSPS) is 12.7. The molecule has 1 aliphatic carbocycles. The molecule has 1 aliphatic rings. The standard InChI is InChI=1S/C57H41NO/c1-57(2)53-19-11-9-17-48(53)49-34-29-43(37-54(49)57)51-35-44(36-52-50-18-10-12-20-55(50)59-56(51)52)42-27-32-47(33-28-42)58(45-15-7-4-8-16-45)46-30-25-41(26-31-46)40-23-21-39(22-24-40)38-13-5-3-6-14-38/h3-37H,1-2H3. The zero-order chi connectivity index (χ0) is 39.5. The molecule has 0 amide bonds. The van der Waals surface area contributed by atoms with Gasteiger partial charge in [-0.3, -0.25) is 0 Å². The summed E-state index contributed by atoms with van der Waals surface area (Å²) in [7, 11) is 0. The molecule has 2 nitrogen and oxygen atoms in total. The van der Waals surface area contributed by atoms with Crippen molar-refractivity contribution in [3.8, 4) is 55.6 Å². The summed E-state index contributed by atoms with van der Waals surface area (Å²) >= 11 is 0. The fourth-order valence-electron chi connectivity index (χ4n) is 9.20. The third kappa shape index (κ3) is 5.96. The van der Waals surface area contributed by atoms with Crippen LogP contribution in [0.5, 0.6) is 0 Å². The van der Waals surface area contributed by atoms with Crippen LogP contribution in [-0.4, -0.2) is 0 Å². The minimum absolute atomic E-state index is 0.0958. The average molecular weight is 756 g/mol. The molecule has 0 atom stereocenters. The van der Waals surface area contributed by atoms with Crippen LogP contribution in [0.3, 0.4) is 0 Å². The highest BCUT2D eigenvalue weighted by atomic mass is 16.3. The Morgan fingerprint density at radius 3 is 1.51 bits per heavy atom. The lowest BCUT2D eigenvalue weighted by Gasteiger charge is -2.26. The monoisotopic (exact) mass is 755 g/mol. The summed E-state index contributed by atoms with van der Waals surface area (Å²) in [5.41, 5.74) is 19.8. The maximum atomic E-state index is 6.66. The van der Waals surface area contributed by atoms with Gasteiger partial charge in [0.2, 0.25) is 0 Å². The van der Waals surface area contributed by atoms with Gasteiger partial charge in [-0.2, -0.15) is 0 Å². The highest BCUT2D eigenvalue weighted by Crippen LogP contribution is 2.50. The molecular formula is C57H41NO. The maximum absolute atomic E-state index is 6.66. The Labute approximate surface area is 345 Å². The number of benzene rings is 9. The average Bonchev–Trinajstić information content (AvgIpc) is 3.79. The Balaban J connectivity index is 0.967. The van der Waals surface area contributed by atoms with Crippen molar-refractivity contribution in [2.24, 2.45) is 0 Å². The van der Waals surface area contributed by atoms with Gasteiger partial charge < -0.3 is 9.32 Å². The number of rotatable bonds is 7. The van der Waals surface area contributed by atoms with Crippen molar-refractivity contribution in [1.29, 1.82) is 0 Å². The van der Waals surface area contributed by atoms with E-state index in [1.807, 2.05) is 0 Å². The summed E-state index contributed by atoms with van der Waals surface area (Å²) < 4.78 is 6.66. The van der Waals surface area contributed by atoms with Crippen LogP contribution in [0.2, 0.25) is 0 Å². The second kappa shape index (κ2) is 13.9. The molecule has 0 N–H and O–H groups in total. The Morgan fingerprint density at radius 1 is 0.339 bits per heavy atom. The quantitative estimate of drug-likeness (QED) is 0.161. The fraction of sp³-hybridized carbons (Fsp3) is 0.0526. The minimum Gasteiger partial charge on any atom is -0.455 e. The highest BCUT2D eigenvalue weighted by Gasteiger charge is 2.35. The molecule has 9 aromatic carbocycles. The number of furan rings is 1. The minimum atomic E-state index is -0.0958. The molecule has 1 aromatic heterocycles. The van der Waals surface area contributed by atoms with Crippen molar-refractivity contribution in [3.05, 3.63) is 223 Å². The molecule has 0 radical (unpaired) electrons. The van der Waals surface area contributed by atoms with Gasteiger partial charge in [-0.05, 0) is 122 Å². The van der Waals surface area contributed by atoms with Gasteiger partial charge in [0, 0.05) is 38.8 Å². The van der Waals surface area contributed by atoms with Crippen molar-refractivity contribution >= 4 is 39.0 Å². The molecular weight excluding hydrogens is 715 g/mol. The SMILES string of the molecule is CC1(C)c2ccccc2-c2ccc(-c3cc(-c4ccc(N(c5ccccc5)c5ccc(-c6ccc(-c7ccccc7)cc6)cc5)cc4)cc4c3oc3ccccc34)cc21. The predicted molar refractivity (Wildman–Crippen MR) is 248 cm³/mol. The van der Waals surface area contributed by atoms with Crippen molar-refractivity contribution in [1.82, 2.24) is 0 Å². The van der Waals surface area contributed by atoms with Crippen LogP contribution >= 0.6 is 0 Å². The van der Waals surface area contributed by atoms with Crippen molar-refractivity contribution in [2.45, 2.75) is 19.3 Å². The van der Waals surface area contributed by atoms with E-state index >= 15 is 0 Å². The topological polar surface area (TPSA) is 16.4 Å². The van der Waals surface area contributed by atoms with Gasteiger partial charge in [-0.15, -0.1) is 0 Å². The van der Waals surface area contributed by atoms with Gasteiger partial charge in [0.15, 0.2) is 0 Å². The molecule has 0 saturated carbocycles. The third-order valence-corrected chi connectivity index (χ3v) is 12.3. The Bertz CT molecular complexity index is 3140. The van der Waals surface area contributed by atoms with Gasteiger partial charge in [0.25, 0.3) is 0 Å². The lowest BCUT2D eigenvalue weighted by atomic mass is 9.81. The van der Waals surface area contributed by atoms with E-state index in [1.54, 1.807) is 0 Å². The van der Waals surface area contributed by atoms with Gasteiger partial charge >= 0.3 is 0 Å². The molecule has 1 heterocycles. The van der Waals surface area contributed by atoms with E-state index in [0.29, 0.717) is 0 Å². The van der Waals surface area contributed by atoms with Crippen molar-refractivity contribution < 1.29 is 4.42 Å². The molecule has 280 valence electrons. The van der Waals surface area contributed by atoms with Crippen LogP contribution in [0.4, 0.5) is 17.1 Å². The number of hydrogen-bond donors (Lipinski definition) is 0. The van der Waals surface area contributed by atoms with Crippen molar-refractivity contribution in [3.63, 3.8) is 0 Å². The van der Waals surface area contributed by atoms with Gasteiger partial charge in [0.05, 0.1) is 0 Å². The van der Waals surface area contributed by atoms with E-state index in [0.717, 1.165) is 61.3 Å². The van der Waals surface area contributed by atoms with Gasteiger partial charge in [0.1, 0.15) is 11.2 Å². The molecule has 0 saturated heterocycles. The molecule has 0 unspecified atom stereocenters. The molecule has 0 bridgehead atoms. The molecule has 0 fully saturated rings. The first-order valence-electron chi connectivity index (χ1n) is 20.4. The predicted octanol–water partition coefficient (Wildman–Crippen LogP) is 16.0. The maximum Gasteiger partial charge on any atom is 0.143 e. The van der Waals surface area contributed by atoms with Crippen LogP contribution in [0, 0.1) is 0 Å². The summed E-state index contributed by atoms with van der Waals surface area (Å²) in [5.74, 6) is 0. The van der Waals surface area contributed by atoms with Crippen LogP contribution in [0.1, 0.15) is 25.0 Å². The second-order valence-electron chi connectivity index (χ2n) is 16.1. The highest BCUT2D eigenvalue weighted by molar-refractivity contribution is 6.11. The Morgan fingerprint density at radius 2 is 0.831 bits per heavy atom. The van der Waals surface area contributed by atoms with Gasteiger partial charge in [-0.25, -0.2) is 0 Å². The fourth-order valence-corrected chi connectivity index (χ4v) is 9.20. The first-order chi connectivity index (χ1) is 29.0. The van der Waals surface area contributed by atoms with E-state index in [2.05, 4.69) is 231 Å². The van der Waals surface area contributed by atoms with Crippen LogP contribution in [0.15, 0.2) is 217 Å². The number of para-hydroxylation sites is 2. The van der Waals surface area contributed by atoms with Gasteiger partial charge in [-0.1, -0.05) is 166 Å². The van der Waals surface area contributed by atoms with E-state index in [9.17, 15) is 0 Å². The molecule has 0 spiro atoms. The molecule has 2 heteroatoms. The van der Waals surface area contributed by atoms with Crippen LogP contribution in [-0.2, 0) is 5.41 Å². The number of hydrogen-bond acceptors (Lipinski definition) is 2. The Kier molecular flexibility index (Phi) is 8.20. The lowest BCUT2D eigenvalue weighted by molar-refractivity contribution is 0.660. The van der Waals surface area contributed by atoms with E-state index in [1.165, 1.54) is 44.5 Å². The molecule has 10 aromatic rings. The van der Waals surface area contributed by atoms with E-state index < -0.39 is 0 Å². The summed E-state index contributed by atoms with van der Waals surface area (Å²) in [4.78, 5) is 2.33. The summed E-state index contributed by atoms with van der Waals surface area (Å²) in [6.45, 7) is 4.68. The first-order valence-corrected chi connectivity index (χ1v) is 20.4. The zero-order valence-corrected chi connectivity index (χ0v) is 33.1. The zero-order valence-electron chi connectivity index (χ0n) is 33.1. The number of nitrogens with zero attached hydrogens (tertiary/aromatic N) is 1. The summed E-state index contributed by atoms with van der Waals surface area (Å²) in [5, 5.41) is 2.25. The first kappa shape index (κ1) is 34.8.